The Morgan fingerprint density at radius 2 is 1.79 bits per heavy atom. The lowest BCUT2D eigenvalue weighted by molar-refractivity contribution is -0.190. The van der Waals surface area contributed by atoms with Crippen LogP contribution in [0, 0.1) is 0 Å². The topological polar surface area (TPSA) is 47.7 Å². The number of hydrogen-bond donors (Lipinski definition) is 1. The maximum Gasteiger partial charge on any atom is 0.181 e. The zero-order chi connectivity index (χ0) is 13.1. The maximum atomic E-state index is 5.81. The van der Waals surface area contributed by atoms with Crippen LogP contribution in [0.2, 0.25) is 0 Å². The van der Waals surface area contributed by atoms with E-state index in [4.69, 9.17) is 15.2 Å². The van der Waals surface area contributed by atoms with Crippen molar-refractivity contribution in [3.05, 3.63) is 35.4 Å². The number of nitrogens with two attached hydrogens (primary N) is 1. The van der Waals surface area contributed by atoms with E-state index >= 15 is 0 Å². The van der Waals surface area contributed by atoms with Crippen LogP contribution in [0.1, 0.15) is 24.0 Å². The SMILES string of the molecule is NCc1ccc(CN2CCCC3(C2)OCCO3)cc1. The highest BCUT2D eigenvalue weighted by atomic mass is 16.7. The summed E-state index contributed by atoms with van der Waals surface area (Å²) in [5.41, 5.74) is 8.13. The number of nitrogens with zero attached hydrogens (tertiary/aromatic N) is 1. The first-order valence-corrected chi connectivity index (χ1v) is 7.08. The van der Waals surface area contributed by atoms with Crippen molar-refractivity contribution in [2.75, 3.05) is 26.3 Å². The van der Waals surface area contributed by atoms with E-state index in [0.717, 1.165) is 45.7 Å². The molecule has 2 aliphatic heterocycles. The Bertz CT molecular complexity index is 413. The van der Waals surface area contributed by atoms with Crippen molar-refractivity contribution < 1.29 is 9.47 Å². The third-order valence-electron chi connectivity index (χ3n) is 3.97. The molecule has 0 aliphatic carbocycles. The highest BCUT2D eigenvalue weighted by Crippen LogP contribution is 2.30. The zero-order valence-electron chi connectivity index (χ0n) is 11.3. The largest absolute Gasteiger partial charge is 0.346 e. The van der Waals surface area contributed by atoms with Crippen molar-refractivity contribution >= 4 is 0 Å². The molecule has 2 saturated heterocycles. The van der Waals surface area contributed by atoms with Crippen molar-refractivity contribution in [3.8, 4) is 0 Å². The Labute approximate surface area is 114 Å². The van der Waals surface area contributed by atoms with Gasteiger partial charge in [-0.3, -0.25) is 4.90 Å². The quantitative estimate of drug-likeness (QED) is 0.896. The molecule has 2 heterocycles. The smallest absolute Gasteiger partial charge is 0.181 e. The standard InChI is InChI=1S/C15H22N2O2/c16-10-13-2-4-14(5-3-13)11-17-7-1-6-15(12-17)18-8-9-19-15/h2-5H,1,6-12,16H2. The van der Waals surface area contributed by atoms with Gasteiger partial charge in [0.25, 0.3) is 0 Å². The van der Waals surface area contributed by atoms with Crippen LogP contribution < -0.4 is 5.73 Å². The molecular weight excluding hydrogens is 240 g/mol. The molecule has 0 amide bonds. The molecule has 0 bridgehead atoms. The molecule has 0 saturated carbocycles. The van der Waals surface area contributed by atoms with E-state index in [0.29, 0.717) is 6.54 Å². The molecular formula is C15H22N2O2. The van der Waals surface area contributed by atoms with Crippen LogP contribution in [-0.2, 0) is 22.6 Å². The number of piperidine rings is 1. The molecule has 1 spiro atoms. The van der Waals surface area contributed by atoms with Crippen molar-refractivity contribution in [2.45, 2.75) is 31.7 Å². The van der Waals surface area contributed by atoms with Crippen molar-refractivity contribution in [1.82, 2.24) is 4.90 Å². The Balaban J connectivity index is 1.62. The van der Waals surface area contributed by atoms with Crippen LogP contribution in [-0.4, -0.2) is 37.0 Å². The Hall–Kier alpha value is -0.940. The fourth-order valence-electron chi connectivity index (χ4n) is 2.98. The molecule has 0 atom stereocenters. The minimum absolute atomic E-state index is 0.324. The highest BCUT2D eigenvalue weighted by Gasteiger charge is 2.40. The van der Waals surface area contributed by atoms with Crippen LogP contribution in [0.15, 0.2) is 24.3 Å². The first-order valence-electron chi connectivity index (χ1n) is 7.08. The van der Waals surface area contributed by atoms with E-state index in [-0.39, 0.29) is 5.79 Å². The Morgan fingerprint density at radius 1 is 1.11 bits per heavy atom. The predicted molar refractivity (Wildman–Crippen MR) is 73.5 cm³/mol. The summed E-state index contributed by atoms with van der Waals surface area (Å²) in [4.78, 5) is 2.42. The van der Waals surface area contributed by atoms with E-state index in [2.05, 4.69) is 29.2 Å². The first kappa shape index (κ1) is 13.1. The van der Waals surface area contributed by atoms with Crippen molar-refractivity contribution in [1.29, 1.82) is 0 Å². The number of rotatable bonds is 3. The number of likely N-dealkylation sites (tertiary alicyclic amines) is 1. The van der Waals surface area contributed by atoms with Gasteiger partial charge in [0, 0.05) is 19.5 Å². The van der Waals surface area contributed by atoms with Gasteiger partial charge in [-0.25, -0.2) is 0 Å². The molecule has 2 fully saturated rings. The van der Waals surface area contributed by atoms with Crippen molar-refractivity contribution in [2.24, 2.45) is 5.73 Å². The fourth-order valence-corrected chi connectivity index (χ4v) is 2.98. The molecule has 0 aromatic heterocycles. The lowest BCUT2D eigenvalue weighted by atomic mass is 10.0. The third kappa shape index (κ3) is 2.98. The number of ether oxygens (including phenoxy) is 2. The molecule has 1 aromatic carbocycles. The summed E-state index contributed by atoms with van der Waals surface area (Å²) < 4.78 is 11.6. The molecule has 4 nitrogen and oxygen atoms in total. The summed E-state index contributed by atoms with van der Waals surface area (Å²) in [6, 6.07) is 8.55. The van der Waals surface area contributed by atoms with Gasteiger partial charge in [0.1, 0.15) is 0 Å². The van der Waals surface area contributed by atoms with Gasteiger partial charge in [-0.1, -0.05) is 24.3 Å². The summed E-state index contributed by atoms with van der Waals surface area (Å²) in [5.74, 6) is -0.324. The van der Waals surface area contributed by atoms with Gasteiger partial charge in [-0.15, -0.1) is 0 Å². The fraction of sp³-hybridized carbons (Fsp3) is 0.600. The second-order valence-corrected chi connectivity index (χ2v) is 5.44. The minimum atomic E-state index is -0.324. The van der Waals surface area contributed by atoms with Gasteiger partial charge >= 0.3 is 0 Å². The van der Waals surface area contributed by atoms with Gasteiger partial charge in [0.15, 0.2) is 5.79 Å². The molecule has 2 N–H and O–H groups in total. The first-order chi connectivity index (χ1) is 9.30. The summed E-state index contributed by atoms with van der Waals surface area (Å²) in [6.07, 6.45) is 2.16. The average Bonchev–Trinajstić information content (AvgIpc) is 2.88. The van der Waals surface area contributed by atoms with Gasteiger partial charge in [-0.2, -0.15) is 0 Å². The molecule has 19 heavy (non-hydrogen) atoms. The average molecular weight is 262 g/mol. The molecule has 104 valence electrons. The van der Waals surface area contributed by atoms with Crippen LogP contribution in [0.4, 0.5) is 0 Å². The van der Waals surface area contributed by atoms with Gasteiger partial charge in [0.05, 0.1) is 19.8 Å². The van der Waals surface area contributed by atoms with E-state index < -0.39 is 0 Å². The van der Waals surface area contributed by atoms with Gasteiger partial charge in [0.2, 0.25) is 0 Å². The summed E-state index contributed by atoms with van der Waals surface area (Å²) in [7, 11) is 0. The molecule has 2 aliphatic rings. The lowest BCUT2D eigenvalue weighted by Crippen LogP contribution is -2.48. The Morgan fingerprint density at radius 3 is 2.47 bits per heavy atom. The van der Waals surface area contributed by atoms with Crippen LogP contribution in [0.25, 0.3) is 0 Å². The van der Waals surface area contributed by atoms with Crippen LogP contribution in [0.3, 0.4) is 0 Å². The van der Waals surface area contributed by atoms with E-state index in [9.17, 15) is 0 Å². The molecule has 3 rings (SSSR count). The van der Waals surface area contributed by atoms with Crippen LogP contribution in [0.5, 0.6) is 0 Å². The maximum absolute atomic E-state index is 5.81. The minimum Gasteiger partial charge on any atom is -0.346 e. The normalized spacial score (nSPS) is 23.0. The zero-order valence-corrected chi connectivity index (χ0v) is 11.3. The van der Waals surface area contributed by atoms with E-state index in [1.54, 1.807) is 0 Å². The second kappa shape index (κ2) is 5.59. The van der Waals surface area contributed by atoms with E-state index in [1.807, 2.05) is 0 Å². The highest BCUT2D eigenvalue weighted by molar-refractivity contribution is 5.22. The predicted octanol–water partition coefficient (Wildman–Crippen LogP) is 1.48. The molecule has 0 radical (unpaired) electrons. The third-order valence-corrected chi connectivity index (χ3v) is 3.97. The summed E-state index contributed by atoms with van der Waals surface area (Å²) in [6.45, 7) is 5.03. The number of hydrogen-bond acceptors (Lipinski definition) is 4. The van der Waals surface area contributed by atoms with E-state index in [1.165, 1.54) is 11.1 Å². The van der Waals surface area contributed by atoms with Crippen LogP contribution >= 0.6 is 0 Å². The lowest BCUT2D eigenvalue weighted by Gasteiger charge is -2.38. The summed E-state index contributed by atoms with van der Waals surface area (Å²) >= 11 is 0. The second-order valence-electron chi connectivity index (χ2n) is 5.44. The molecule has 1 aromatic rings. The van der Waals surface area contributed by atoms with Gasteiger partial charge < -0.3 is 15.2 Å². The molecule has 0 unspecified atom stereocenters. The number of benzene rings is 1. The van der Waals surface area contributed by atoms with Crippen molar-refractivity contribution in [3.63, 3.8) is 0 Å². The monoisotopic (exact) mass is 262 g/mol. The van der Waals surface area contributed by atoms with Gasteiger partial charge in [-0.05, 0) is 24.1 Å². The molecule has 4 heteroatoms. The summed E-state index contributed by atoms with van der Waals surface area (Å²) in [5, 5.41) is 0. The Kier molecular flexibility index (Phi) is 3.84.